The summed E-state index contributed by atoms with van der Waals surface area (Å²) in [5, 5.41) is 2.43. The number of methoxy groups -OCH3 is 1. The van der Waals surface area contributed by atoms with E-state index in [1.54, 1.807) is 7.11 Å². The third-order valence-electron chi connectivity index (χ3n) is 5.68. The van der Waals surface area contributed by atoms with E-state index in [1.807, 2.05) is 4.90 Å². The van der Waals surface area contributed by atoms with Gasteiger partial charge >= 0.3 is 0 Å². The van der Waals surface area contributed by atoms with Crippen molar-refractivity contribution in [2.24, 2.45) is 5.92 Å². The maximum absolute atomic E-state index is 12.8. The second kappa shape index (κ2) is 8.54. The van der Waals surface area contributed by atoms with Crippen molar-refractivity contribution in [3.63, 3.8) is 0 Å². The lowest BCUT2D eigenvalue weighted by molar-refractivity contribution is -0.921. The zero-order chi connectivity index (χ0) is 18.5. The van der Waals surface area contributed by atoms with Crippen LogP contribution in [0.3, 0.4) is 0 Å². The van der Waals surface area contributed by atoms with E-state index in [1.165, 1.54) is 21.2 Å². The Hall–Kier alpha value is -2.07. The van der Waals surface area contributed by atoms with E-state index >= 15 is 0 Å². The topological polar surface area (TPSA) is 34.0 Å². The lowest BCUT2D eigenvalue weighted by Gasteiger charge is -2.32. The summed E-state index contributed by atoms with van der Waals surface area (Å²) in [6.07, 6.45) is 2.16. The van der Waals surface area contributed by atoms with Gasteiger partial charge in [0.15, 0.2) is 0 Å². The van der Waals surface area contributed by atoms with Crippen molar-refractivity contribution in [3.05, 3.63) is 42.0 Å². The predicted molar refractivity (Wildman–Crippen MR) is 106 cm³/mol. The van der Waals surface area contributed by atoms with Gasteiger partial charge in [-0.05, 0) is 44.2 Å². The average Bonchev–Trinajstić information content (AvgIpc) is 2.69. The molecular weight excluding hydrogens is 324 g/mol. The van der Waals surface area contributed by atoms with Gasteiger partial charge in [-0.2, -0.15) is 0 Å². The third-order valence-corrected chi connectivity index (χ3v) is 5.68. The molecule has 2 aromatic carbocycles. The molecule has 0 aliphatic carbocycles. The minimum atomic E-state index is 0.170. The number of benzene rings is 2. The summed E-state index contributed by atoms with van der Waals surface area (Å²) in [6, 6.07) is 12.7. The van der Waals surface area contributed by atoms with Gasteiger partial charge in [0, 0.05) is 24.0 Å². The van der Waals surface area contributed by atoms with E-state index in [0.29, 0.717) is 5.91 Å². The van der Waals surface area contributed by atoms with Gasteiger partial charge < -0.3 is 14.5 Å². The fourth-order valence-electron chi connectivity index (χ4n) is 4.25. The number of quaternary nitrogens is 1. The number of hydrogen-bond donors (Lipinski definition) is 1. The Morgan fingerprint density at radius 3 is 2.58 bits per heavy atom. The molecular formula is C22H31N2O2+. The Labute approximate surface area is 156 Å². The van der Waals surface area contributed by atoms with Crippen molar-refractivity contribution in [1.82, 2.24) is 4.90 Å². The number of fused-ring (bicyclic) bond motifs is 1. The van der Waals surface area contributed by atoms with Crippen LogP contribution in [-0.2, 0) is 11.3 Å². The maximum Gasteiger partial charge on any atom is 0.231 e. The first-order valence-corrected chi connectivity index (χ1v) is 9.84. The minimum Gasteiger partial charge on any atom is -0.496 e. The third kappa shape index (κ3) is 3.85. The average molecular weight is 356 g/mol. The molecule has 1 unspecified atom stereocenters. The van der Waals surface area contributed by atoms with Gasteiger partial charge in [0.2, 0.25) is 5.91 Å². The van der Waals surface area contributed by atoms with Gasteiger partial charge in [-0.25, -0.2) is 0 Å². The fourth-order valence-corrected chi connectivity index (χ4v) is 4.25. The number of ether oxygens (including phenoxy) is 1. The van der Waals surface area contributed by atoms with Crippen LogP contribution < -0.4 is 9.64 Å². The van der Waals surface area contributed by atoms with Crippen LogP contribution in [0.15, 0.2) is 36.4 Å². The standard InChI is InChI=1S/C22H30N2O2/c1-4-24(5-2)22(25)18-9-8-14-23(16-18)15-17-12-13-21(26-3)20-11-7-6-10-19(17)20/h6-7,10-13,18H,4-5,8-9,14-16H2,1-3H3/p+1/t18-/m0/s1. The lowest BCUT2D eigenvalue weighted by atomic mass is 9.95. The van der Waals surface area contributed by atoms with E-state index in [0.717, 1.165) is 51.3 Å². The van der Waals surface area contributed by atoms with Gasteiger partial charge in [0.1, 0.15) is 12.3 Å². The number of carbonyl (C=O) groups excluding carboxylic acids is 1. The van der Waals surface area contributed by atoms with Crippen LogP contribution in [0.5, 0.6) is 5.75 Å². The number of likely N-dealkylation sites (tertiary alicyclic amines) is 1. The number of nitrogens with zero attached hydrogens (tertiary/aromatic N) is 1. The zero-order valence-corrected chi connectivity index (χ0v) is 16.3. The number of hydrogen-bond acceptors (Lipinski definition) is 2. The molecule has 0 aromatic heterocycles. The van der Waals surface area contributed by atoms with E-state index < -0.39 is 0 Å². The SMILES string of the molecule is CCN(CC)C(=O)[C@H]1CCC[NH+](Cc2ccc(OC)c3ccccc23)C1. The smallest absolute Gasteiger partial charge is 0.231 e. The van der Waals surface area contributed by atoms with Gasteiger partial charge in [0.05, 0.1) is 26.1 Å². The highest BCUT2D eigenvalue weighted by molar-refractivity contribution is 5.91. The molecule has 1 N–H and O–H groups in total. The van der Waals surface area contributed by atoms with Gasteiger partial charge in [-0.1, -0.05) is 24.3 Å². The summed E-state index contributed by atoms with van der Waals surface area (Å²) in [5.74, 6) is 1.43. The van der Waals surface area contributed by atoms with Gasteiger partial charge in [-0.3, -0.25) is 4.79 Å². The number of piperidine rings is 1. The molecule has 1 heterocycles. The first-order chi connectivity index (χ1) is 12.7. The normalized spacial score (nSPS) is 20.1. The molecule has 140 valence electrons. The fraction of sp³-hybridized carbons (Fsp3) is 0.500. The Morgan fingerprint density at radius 1 is 1.15 bits per heavy atom. The van der Waals surface area contributed by atoms with Gasteiger partial charge in [0.25, 0.3) is 0 Å². The quantitative estimate of drug-likeness (QED) is 0.864. The van der Waals surface area contributed by atoms with Crippen LogP contribution in [0.25, 0.3) is 10.8 Å². The summed E-state index contributed by atoms with van der Waals surface area (Å²) in [7, 11) is 1.72. The highest BCUT2D eigenvalue weighted by atomic mass is 16.5. The monoisotopic (exact) mass is 355 g/mol. The van der Waals surface area contributed by atoms with E-state index in [4.69, 9.17) is 4.74 Å². The van der Waals surface area contributed by atoms with Crippen molar-refractivity contribution < 1.29 is 14.4 Å². The summed E-state index contributed by atoms with van der Waals surface area (Å²) in [6.45, 7) is 8.80. The summed E-state index contributed by atoms with van der Waals surface area (Å²) in [4.78, 5) is 16.2. The van der Waals surface area contributed by atoms with Crippen molar-refractivity contribution in [2.75, 3.05) is 33.3 Å². The first-order valence-electron chi connectivity index (χ1n) is 9.84. The lowest BCUT2D eigenvalue weighted by Crippen LogP contribution is -3.12. The summed E-state index contributed by atoms with van der Waals surface area (Å²) in [5.41, 5.74) is 1.34. The summed E-state index contributed by atoms with van der Waals surface area (Å²) >= 11 is 0. The van der Waals surface area contributed by atoms with Crippen molar-refractivity contribution in [2.45, 2.75) is 33.2 Å². The molecule has 1 fully saturated rings. The van der Waals surface area contributed by atoms with Crippen LogP contribution in [0.4, 0.5) is 0 Å². The van der Waals surface area contributed by atoms with E-state index in [2.05, 4.69) is 50.2 Å². The molecule has 26 heavy (non-hydrogen) atoms. The van der Waals surface area contributed by atoms with Crippen LogP contribution in [0.1, 0.15) is 32.3 Å². The second-order valence-electron chi connectivity index (χ2n) is 7.20. The van der Waals surface area contributed by atoms with Gasteiger partial charge in [-0.15, -0.1) is 0 Å². The Balaban J connectivity index is 1.77. The van der Waals surface area contributed by atoms with Crippen molar-refractivity contribution >= 4 is 16.7 Å². The van der Waals surface area contributed by atoms with Crippen LogP contribution in [0, 0.1) is 5.92 Å². The maximum atomic E-state index is 12.8. The molecule has 0 saturated carbocycles. The second-order valence-corrected chi connectivity index (χ2v) is 7.20. The highest BCUT2D eigenvalue weighted by Gasteiger charge is 2.31. The zero-order valence-electron chi connectivity index (χ0n) is 16.3. The molecule has 0 bridgehead atoms. The molecule has 4 heteroatoms. The minimum absolute atomic E-state index is 0.170. The van der Waals surface area contributed by atoms with Crippen LogP contribution in [0.2, 0.25) is 0 Å². The predicted octanol–water partition coefficient (Wildman–Crippen LogP) is 2.51. The number of rotatable bonds is 6. The van der Waals surface area contributed by atoms with Crippen molar-refractivity contribution in [3.8, 4) is 5.75 Å². The molecule has 1 saturated heterocycles. The van der Waals surface area contributed by atoms with Crippen LogP contribution >= 0.6 is 0 Å². The molecule has 2 atom stereocenters. The highest BCUT2D eigenvalue weighted by Crippen LogP contribution is 2.28. The summed E-state index contributed by atoms with van der Waals surface area (Å²) < 4.78 is 5.52. The number of carbonyl (C=O) groups is 1. The van der Waals surface area contributed by atoms with Crippen LogP contribution in [-0.4, -0.2) is 44.1 Å². The molecule has 1 aliphatic heterocycles. The Kier molecular flexibility index (Phi) is 6.15. The van der Waals surface area contributed by atoms with E-state index in [-0.39, 0.29) is 5.92 Å². The molecule has 2 aromatic rings. The molecule has 0 spiro atoms. The molecule has 1 amide bonds. The largest absolute Gasteiger partial charge is 0.496 e. The Bertz CT molecular complexity index is 755. The van der Waals surface area contributed by atoms with Crippen molar-refractivity contribution in [1.29, 1.82) is 0 Å². The molecule has 4 nitrogen and oxygen atoms in total. The number of amides is 1. The first kappa shape index (κ1) is 18.7. The molecule has 3 rings (SSSR count). The molecule has 0 radical (unpaired) electrons. The Morgan fingerprint density at radius 2 is 1.88 bits per heavy atom. The number of nitrogens with one attached hydrogen (secondary N) is 1. The molecule has 1 aliphatic rings. The van der Waals surface area contributed by atoms with E-state index in [9.17, 15) is 4.79 Å².